The zero-order chi connectivity index (χ0) is 23.0. The van der Waals surface area contributed by atoms with E-state index in [1.165, 1.54) is 27.0 Å². The number of carbonyl (C=O) groups excluding carboxylic acids is 3. The van der Waals surface area contributed by atoms with Gasteiger partial charge in [0.1, 0.15) is 16.6 Å². The van der Waals surface area contributed by atoms with E-state index in [1.807, 2.05) is 0 Å². The summed E-state index contributed by atoms with van der Waals surface area (Å²) in [6, 6.07) is 0. The van der Waals surface area contributed by atoms with Gasteiger partial charge < -0.3 is 19.3 Å². The number of cyclic esters (lactones) is 1. The molecule has 2 bridgehead atoms. The van der Waals surface area contributed by atoms with Crippen molar-refractivity contribution in [3.8, 4) is 0 Å². The minimum Gasteiger partial charge on any atom is -0.478 e. The molecule has 1 saturated heterocycles. The second kappa shape index (κ2) is 7.98. The van der Waals surface area contributed by atoms with Crippen LogP contribution < -0.4 is 0 Å². The molecule has 8 heteroatoms. The van der Waals surface area contributed by atoms with Crippen LogP contribution in [0.15, 0.2) is 35.5 Å². The first kappa shape index (κ1) is 22.8. The summed E-state index contributed by atoms with van der Waals surface area (Å²) in [5, 5.41) is 9.06. The van der Waals surface area contributed by atoms with E-state index in [9.17, 15) is 19.2 Å². The van der Waals surface area contributed by atoms with Crippen LogP contribution in [0.5, 0.6) is 0 Å². The highest BCUT2D eigenvalue weighted by molar-refractivity contribution is 5.89. The Morgan fingerprint density at radius 1 is 1.26 bits per heavy atom. The van der Waals surface area contributed by atoms with Crippen molar-refractivity contribution in [2.45, 2.75) is 64.1 Å². The lowest BCUT2D eigenvalue weighted by Crippen LogP contribution is -2.65. The number of carboxylic acids is 1. The normalized spacial score (nSPS) is 35.0. The quantitative estimate of drug-likeness (QED) is 0.305. The lowest BCUT2D eigenvalue weighted by Gasteiger charge is -2.54. The number of ether oxygens (including phenoxy) is 3. The maximum absolute atomic E-state index is 13.4. The summed E-state index contributed by atoms with van der Waals surface area (Å²) >= 11 is 0. The molecule has 0 radical (unpaired) electrons. The molecule has 2 aliphatic carbocycles. The van der Waals surface area contributed by atoms with Gasteiger partial charge in [0.05, 0.1) is 7.11 Å². The predicted octanol–water partition coefficient (Wildman–Crippen LogP) is 2.87. The molecular weight excluding hydrogens is 404 g/mol. The van der Waals surface area contributed by atoms with E-state index in [-0.39, 0.29) is 17.9 Å². The topological polar surface area (TPSA) is 116 Å². The molecule has 3 rings (SSSR count). The molecule has 4 atom stereocenters. The van der Waals surface area contributed by atoms with Crippen molar-refractivity contribution in [1.29, 1.82) is 0 Å². The molecule has 1 heterocycles. The fourth-order valence-electron chi connectivity index (χ4n) is 5.45. The Kier molecular flexibility index (Phi) is 5.86. The first-order valence-electron chi connectivity index (χ1n) is 10.3. The smallest absolute Gasteiger partial charge is 0.333 e. The average molecular weight is 432 g/mol. The highest BCUT2D eigenvalue weighted by Crippen LogP contribution is 2.65. The third kappa shape index (κ3) is 3.58. The molecule has 31 heavy (non-hydrogen) atoms. The van der Waals surface area contributed by atoms with Gasteiger partial charge in [-0.1, -0.05) is 18.2 Å². The first-order valence-corrected chi connectivity index (χ1v) is 10.3. The molecule has 0 aromatic heterocycles. The molecule has 1 saturated carbocycles. The summed E-state index contributed by atoms with van der Waals surface area (Å²) in [5.74, 6) is -2.83. The zero-order valence-electron chi connectivity index (χ0n) is 18.2. The summed E-state index contributed by atoms with van der Waals surface area (Å²) < 4.78 is 16.7. The van der Waals surface area contributed by atoms with Gasteiger partial charge in [0.25, 0.3) is 0 Å². The number of esters is 3. The van der Waals surface area contributed by atoms with Gasteiger partial charge in [0.2, 0.25) is 0 Å². The summed E-state index contributed by atoms with van der Waals surface area (Å²) in [6.45, 7) is 4.53. The van der Waals surface area contributed by atoms with Gasteiger partial charge in [-0.05, 0) is 52.0 Å². The highest BCUT2D eigenvalue weighted by Gasteiger charge is 2.74. The van der Waals surface area contributed by atoms with Crippen molar-refractivity contribution < 1.29 is 38.5 Å². The van der Waals surface area contributed by atoms with Gasteiger partial charge in [-0.2, -0.15) is 0 Å². The molecule has 1 N–H and O–H groups in total. The SMILES string of the molecule is COC(=O)C1=CC[C@]23CC[C@H]([C@@]2(OC(C)=O)CC1)[C@](C)(/C=C/C=C(/C)C(=O)O)OC3=O. The first-order chi connectivity index (χ1) is 14.5. The number of hydrogen-bond acceptors (Lipinski definition) is 7. The third-order valence-corrected chi connectivity index (χ3v) is 6.97. The highest BCUT2D eigenvalue weighted by atomic mass is 16.6. The second-order valence-electron chi connectivity index (χ2n) is 8.67. The number of aliphatic carboxylic acids is 1. The number of carboxylic acid groups (broad SMARTS) is 1. The van der Waals surface area contributed by atoms with Crippen LogP contribution in [-0.4, -0.2) is 47.3 Å². The number of allylic oxidation sites excluding steroid dienone is 3. The Bertz CT molecular complexity index is 913. The van der Waals surface area contributed by atoms with Crippen LogP contribution >= 0.6 is 0 Å². The Morgan fingerprint density at radius 2 is 1.97 bits per heavy atom. The maximum atomic E-state index is 13.4. The fourth-order valence-corrected chi connectivity index (χ4v) is 5.45. The summed E-state index contributed by atoms with van der Waals surface area (Å²) in [5.41, 5.74) is -2.71. The number of hydrogen-bond donors (Lipinski definition) is 1. The lowest BCUT2D eigenvalue weighted by molar-refractivity contribution is -0.235. The molecular formula is C23H28O8. The van der Waals surface area contributed by atoms with Crippen molar-refractivity contribution in [3.05, 3.63) is 35.5 Å². The van der Waals surface area contributed by atoms with Gasteiger partial charge >= 0.3 is 23.9 Å². The van der Waals surface area contributed by atoms with E-state index in [2.05, 4.69) is 0 Å². The Labute approximate surface area is 180 Å². The van der Waals surface area contributed by atoms with Crippen LogP contribution in [0.4, 0.5) is 0 Å². The van der Waals surface area contributed by atoms with Gasteiger partial charge in [-0.15, -0.1) is 0 Å². The van der Waals surface area contributed by atoms with Crippen molar-refractivity contribution in [3.63, 3.8) is 0 Å². The maximum Gasteiger partial charge on any atom is 0.333 e. The molecule has 0 aromatic carbocycles. The molecule has 0 spiro atoms. The fraction of sp³-hybridized carbons (Fsp3) is 0.565. The minimum atomic E-state index is -1.13. The molecule has 2 fully saturated rings. The molecule has 8 nitrogen and oxygen atoms in total. The second-order valence-corrected chi connectivity index (χ2v) is 8.67. The van der Waals surface area contributed by atoms with E-state index >= 15 is 0 Å². The van der Waals surface area contributed by atoms with E-state index in [0.29, 0.717) is 31.3 Å². The van der Waals surface area contributed by atoms with Gasteiger partial charge in [0, 0.05) is 24.0 Å². The summed E-state index contributed by atoms with van der Waals surface area (Å²) in [6.07, 6.45) is 8.21. The molecule has 0 aromatic rings. The van der Waals surface area contributed by atoms with Crippen molar-refractivity contribution in [2.75, 3.05) is 7.11 Å². The summed E-state index contributed by atoms with van der Waals surface area (Å²) in [7, 11) is 1.30. The number of carbonyl (C=O) groups is 4. The van der Waals surface area contributed by atoms with E-state index < -0.39 is 40.5 Å². The van der Waals surface area contributed by atoms with Crippen molar-refractivity contribution >= 4 is 23.9 Å². The predicted molar refractivity (Wildman–Crippen MR) is 109 cm³/mol. The Morgan fingerprint density at radius 3 is 2.58 bits per heavy atom. The van der Waals surface area contributed by atoms with Crippen molar-refractivity contribution in [1.82, 2.24) is 0 Å². The number of rotatable bonds is 5. The van der Waals surface area contributed by atoms with Crippen LogP contribution in [0.25, 0.3) is 0 Å². The van der Waals surface area contributed by atoms with Gasteiger partial charge in [-0.3, -0.25) is 9.59 Å². The monoisotopic (exact) mass is 432 g/mol. The standard InChI is InChI=1S/C23H28O8/c1-14(18(25)26)6-5-10-21(3)17-9-12-22(20(28)31-21)11-7-16(19(27)29-4)8-13-23(17,22)30-15(2)24/h5-7,10,17H,8-9,11-13H2,1-4H3,(H,25,26)/b10-5+,14-6-/t17-,21-,22+,23-/m0/s1. The van der Waals surface area contributed by atoms with Crippen LogP contribution in [0.3, 0.4) is 0 Å². The van der Waals surface area contributed by atoms with Crippen LogP contribution in [0.1, 0.15) is 52.9 Å². The minimum absolute atomic E-state index is 0.138. The van der Waals surface area contributed by atoms with E-state index in [4.69, 9.17) is 19.3 Å². The largest absolute Gasteiger partial charge is 0.478 e. The summed E-state index contributed by atoms with van der Waals surface area (Å²) in [4.78, 5) is 48.8. The zero-order valence-corrected chi connectivity index (χ0v) is 18.2. The van der Waals surface area contributed by atoms with Crippen LogP contribution in [0, 0.1) is 11.3 Å². The molecule has 168 valence electrons. The molecule has 0 amide bonds. The lowest BCUT2D eigenvalue weighted by atomic mass is 9.62. The molecule has 0 unspecified atom stereocenters. The number of methoxy groups -OCH3 is 1. The van der Waals surface area contributed by atoms with Crippen LogP contribution in [0.2, 0.25) is 0 Å². The van der Waals surface area contributed by atoms with Crippen LogP contribution in [-0.2, 0) is 33.4 Å². The Hall–Kier alpha value is -2.90. The average Bonchev–Trinajstić information content (AvgIpc) is 2.84. The molecule has 3 aliphatic rings. The van der Waals surface area contributed by atoms with E-state index in [0.717, 1.165) is 0 Å². The van der Waals surface area contributed by atoms with Gasteiger partial charge in [0.15, 0.2) is 0 Å². The van der Waals surface area contributed by atoms with Gasteiger partial charge in [-0.25, -0.2) is 9.59 Å². The van der Waals surface area contributed by atoms with E-state index in [1.54, 1.807) is 25.2 Å². The third-order valence-electron chi connectivity index (χ3n) is 6.97. The van der Waals surface area contributed by atoms with Crippen molar-refractivity contribution in [2.24, 2.45) is 11.3 Å². The molecule has 1 aliphatic heterocycles. The Balaban J connectivity index is 2.07.